The van der Waals surface area contributed by atoms with Crippen molar-refractivity contribution in [1.82, 2.24) is 4.90 Å². The molecule has 31 heavy (non-hydrogen) atoms. The second-order valence-electron chi connectivity index (χ2n) is 6.38. The van der Waals surface area contributed by atoms with Crippen molar-refractivity contribution < 1.29 is 19.1 Å². The monoisotopic (exact) mass is 476 g/mol. The Morgan fingerprint density at radius 1 is 1.19 bits per heavy atom. The standard InChI is InChI=1S/C22H18Cl2N2O4S/c1-3-10-30-19-9-4-14(11-17(19)24)12-18-21(28)26(16-7-5-15(23)6-8-16)22(31)25(18)13-20(27)29-2/h3-9,11-12H,1,10,13H2,2H3/b18-12-. The van der Waals surface area contributed by atoms with Crippen LogP contribution in [0.2, 0.25) is 10.0 Å². The van der Waals surface area contributed by atoms with Crippen molar-refractivity contribution in [2.75, 3.05) is 25.2 Å². The van der Waals surface area contributed by atoms with E-state index in [2.05, 4.69) is 6.58 Å². The number of methoxy groups -OCH3 is 1. The summed E-state index contributed by atoms with van der Waals surface area (Å²) in [6.45, 7) is 3.70. The molecule has 0 radical (unpaired) electrons. The van der Waals surface area contributed by atoms with Crippen molar-refractivity contribution in [3.8, 4) is 5.75 Å². The third kappa shape index (κ3) is 5.07. The van der Waals surface area contributed by atoms with Crippen molar-refractivity contribution in [2.24, 2.45) is 0 Å². The predicted molar refractivity (Wildman–Crippen MR) is 125 cm³/mol. The summed E-state index contributed by atoms with van der Waals surface area (Å²) in [6.07, 6.45) is 3.22. The van der Waals surface area contributed by atoms with Crippen LogP contribution in [0.1, 0.15) is 5.56 Å². The maximum atomic E-state index is 13.3. The molecule has 2 aromatic carbocycles. The van der Waals surface area contributed by atoms with Gasteiger partial charge in [0, 0.05) is 5.02 Å². The Morgan fingerprint density at radius 2 is 1.90 bits per heavy atom. The van der Waals surface area contributed by atoms with Crippen LogP contribution in [0.15, 0.2) is 60.8 Å². The van der Waals surface area contributed by atoms with Gasteiger partial charge in [0.25, 0.3) is 5.91 Å². The highest BCUT2D eigenvalue weighted by molar-refractivity contribution is 7.80. The lowest BCUT2D eigenvalue weighted by atomic mass is 10.1. The van der Waals surface area contributed by atoms with Crippen LogP contribution in [0.3, 0.4) is 0 Å². The summed E-state index contributed by atoms with van der Waals surface area (Å²) in [6, 6.07) is 11.8. The Bertz CT molecular complexity index is 1070. The SMILES string of the molecule is C=CCOc1ccc(/C=C2/C(=O)N(c3ccc(Cl)cc3)C(=S)N2CC(=O)OC)cc1Cl. The summed E-state index contributed by atoms with van der Waals surface area (Å²) in [4.78, 5) is 28.0. The van der Waals surface area contributed by atoms with Gasteiger partial charge in [-0.3, -0.25) is 14.5 Å². The molecule has 1 saturated heterocycles. The summed E-state index contributed by atoms with van der Waals surface area (Å²) in [7, 11) is 1.27. The third-order valence-electron chi connectivity index (χ3n) is 4.35. The first-order valence-electron chi connectivity index (χ1n) is 9.09. The first-order chi connectivity index (χ1) is 14.8. The number of carbonyl (C=O) groups is 2. The molecule has 1 fully saturated rings. The second kappa shape index (κ2) is 9.96. The third-order valence-corrected chi connectivity index (χ3v) is 5.30. The Balaban J connectivity index is 2.00. The van der Waals surface area contributed by atoms with Gasteiger partial charge in [-0.1, -0.05) is 41.9 Å². The molecular weight excluding hydrogens is 459 g/mol. The molecular formula is C22H18Cl2N2O4S. The number of halogens is 2. The molecule has 0 unspecified atom stereocenters. The van der Waals surface area contributed by atoms with Crippen LogP contribution in [0.4, 0.5) is 5.69 Å². The number of esters is 1. The van der Waals surface area contributed by atoms with Gasteiger partial charge in [-0.05, 0) is 60.3 Å². The molecule has 6 nitrogen and oxygen atoms in total. The number of ether oxygens (including phenoxy) is 2. The lowest BCUT2D eigenvalue weighted by molar-refractivity contribution is -0.140. The van der Waals surface area contributed by atoms with E-state index in [1.165, 1.54) is 16.9 Å². The van der Waals surface area contributed by atoms with Gasteiger partial charge in [-0.2, -0.15) is 0 Å². The molecule has 0 aliphatic carbocycles. The first-order valence-corrected chi connectivity index (χ1v) is 10.3. The van der Waals surface area contributed by atoms with Gasteiger partial charge < -0.3 is 14.4 Å². The van der Waals surface area contributed by atoms with E-state index in [-0.39, 0.29) is 23.3 Å². The Morgan fingerprint density at radius 3 is 2.52 bits per heavy atom. The van der Waals surface area contributed by atoms with Gasteiger partial charge in [0.15, 0.2) is 5.11 Å². The summed E-state index contributed by atoms with van der Waals surface area (Å²) in [5, 5.41) is 1.05. The smallest absolute Gasteiger partial charge is 0.325 e. The Labute approximate surface area is 195 Å². The van der Waals surface area contributed by atoms with Gasteiger partial charge in [0.2, 0.25) is 0 Å². The van der Waals surface area contributed by atoms with E-state index in [9.17, 15) is 9.59 Å². The number of nitrogens with zero attached hydrogens (tertiary/aromatic N) is 2. The highest BCUT2D eigenvalue weighted by Crippen LogP contribution is 2.31. The molecule has 3 rings (SSSR count). The normalized spacial score (nSPS) is 14.9. The average molecular weight is 477 g/mol. The molecule has 160 valence electrons. The van der Waals surface area contributed by atoms with Crippen molar-refractivity contribution in [3.05, 3.63) is 76.4 Å². The summed E-state index contributed by atoms with van der Waals surface area (Å²) < 4.78 is 10.2. The minimum atomic E-state index is -0.537. The maximum absolute atomic E-state index is 13.3. The van der Waals surface area contributed by atoms with Crippen molar-refractivity contribution >= 4 is 64.2 Å². The highest BCUT2D eigenvalue weighted by atomic mass is 35.5. The van der Waals surface area contributed by atoms with Crippen LogP contribution in [0, 0.1) is 0 Å². The fourth-order valence-corrected chi connectivity index (χ4v) is 3.60. The Hall–Kier alpha value is -2.87. The van der Waals surface area contributed by atoms with Crippen molar-refractivity contribution in [2.45, 2.75) is 0 Å². The molecule has 0 bridgehead atoms. The molecule has 0 aromatic heterocycles. The average Bonchev–Trinajstić information content (AvgIpc) is 2.97. The molecule has 9 heteroatoms. The van der Waals surface area contributed by atoms with Crippen LogP contribution in [0.25, 0.3) is 6.08 Å². The van der Waals surface area contributed by atoms with Gasteiger partial charge >= 0.3 is 5.97 Å². The molecule has 1 amide bonds. The maximum Gasteiger partial charge on any atom is 0.325 e. The lowest BCUT2D eigenvalue weighted by Crippen LogP contribution is -2.35. The van der Waals surface area contributed by atoms with Gasteiger partial charge in [0.05, 0.1) is 17.8 Å². The number of hydrogen-bond acceptors (Lipinski definition) is 5. The summed E-state index contributed by atoms with van der Waals surface area (Å²) in [5.41, 5.74) is 1.37. The largest absolute Gasteiger partial charge is 0.488 e. The van der Waals surface area contributed by atoms with E-state index in [1.807, 2.05) is 0 Å². The second-order valence-corrected chi connectivity index (χ2v) is 7.59. The highest BCUT2D eigenvalue weighted by Gasteiger charge is 2.40. The van der Waals surface area contributed by atoms with E-state index >= 15 is 0 Å². The zero-order valence-electron chi connectivity index (χ0n) is 16.5. The van der Waals surface area contributed by atoms with Crippen LogP contribution >= 0.6 is 35.4 Å². The van der Waals surface area contributed by atoms with E-state index in [0.717, 1.165) is 0 Å². The number of anilines is 1. The number of hydrogen-bond donors (Lipinski definition) is 0. The quantitative estimate of drug-likeness (QED) is 0.249. The molecule has 1 aliphatic heterocycles. The number of carbonyl (C=O) groups excluding carboxylic acids is 2. The van der Waals surface area contributed by atoms with Crippen LogP contribution in [-0.2, 0) is 14.3 Å². The minimum Gasteiger partial charge on any atom is -0.488 e. The van der Waals surface area contributed by atoms with Crippen molar-refractivity contribution in [1.29, 1.82) is 0 Å². The summed E-state index contributed by atoms with van der Waals surface area (Å²) >= 11 is 17.7. The molecule has 1 heterocycles. The zero-order valence-corrected chi connectivity index (χ0v) is 18.8. The number of benzene rings is 2. The summed E-state index contributed by atoms with van der Waals surface area (Å²) in [5.74, 6) is -0.435. The van der Waals surface area contributed by atoms with Crippen LogP contribution in [-0.4, -0.2) is 42.2 Å². The van der Waals surface area contributed by atoms with Gasteiger partial charge in [-0.25, -0.2) is 0 Å². The Kier molecular flexibility index (Phi) is 7.33. The fourth-order valence-electron chi connectivity index (χ4n) is 2.88. The minimum absolute atomic E-state index is 0.154. The van der Waals surface area contributed by atoms with Gasteiger partial charge in [-0.15, -0.1) is 0 Å². The van der Waals surface area contributed by atoms with Crippen molar-refractivity contribution in [3.63, 3.8) is 0 Å². The van der Waals surface area contributed by atoms with E-state index in [4.69, 9.17) is 44.9 Å². The molecule has 0 spiro atoms. The number of thiocarbonyl (C=S) groups is 1. The topological polar surface area (TPSA) is 59.1 Å². The molecule has 0 saturated carbocycles. The van der Waals surface area contributed by atoms with Crippen LogP contribution in [0.5, 0.6) is 5.75 Å². The number of rotatable bonds is 7. The molecule has 0 N–H and O–H groups in total. The molecule has 0 atom stereocenters. The van der Waals surface area contributed by atoms with E-state index in [1.54, 1.807) is 54.6 Å². The predicted octanol–water partition coefficient (Wildman–Crippen LogP) is 4.71. The zero-order chi connectivity index (χ0) is 22.5. The van der Waals surface area contributed by atoms with E-state index < -0.39 is 5.97 Å². The fraction of sp³-hybridized carbons (Fsp3) is 0.136. The first kappa shape index (κ1) is 22.8. The van der Waals surface area contributed by atoms with E-state index in [0.29, 0.717) is 33.7 Å². The van der Waals surface area contributed by atoms with Gasteiger partial charge in [0.1, 0.15) is 24.6 Å². The molecule has 2 aromatic rings. The number of amides is 1. The molecule has 1 aliphatic rings. The van der Waals surface area contributed by atoms with Crippen LogP contribution < -0.4 is 9.64 Å². The lowest BCUT2D eigenvalue weighted by Gasteiger charge is -2.19.